The van der Waals surface area contributed by atoms with E-state index in [2.05, 4.69) is 0 Å². The minimum atomic E-state index is -4.49. The van der Waals surface area contributed by atoms with Crippen LogP contribution in [0.15, 0.2) is 94.6 Å². The molecule has 0 N–H and O–H groups in total. The zero-order valence-electron chi connectivity index (χ0n) is 17.8. The Hall–Kier alpha value is -2.84. The zero-order valence-corrected chi connectivity index (χ0v) is 20.9. The second-order valence-electron chi connectivity index (χ2n) is 7.96. The maximum atomic E-state index is 14.9. The van der Waals surface area contributed by atoms with E-state index in [4.69, 9.17) is 34.8 Å². The van der Waals surface area contributed by atoms with Crippen LogP contribution >= 0.6 is 34.8 Å². The Bertz CT molecular complexity index is 1590. The third-order valence-electron chi connectivity index (χ3n) is 5.88. The van der Waals surface area contributed by atoms with Crippen LogP contribution in [0.25, 0.3) is 0 Å². The number of benzene rings is 3. The van der Waals surface area contributed by atoms with E-state index in [1.165, 1.54) is 28.8 Å². The van der Waals surface area contributed by atoms with Crippen molar-refractivity contribution in [3.63, 3.8) is 0 Å². The van der Waals surface area contributed by atoms with Crippen molar-refractivity contribution in [1.82, 2.24) is 4.57 Å². The number of aromatic nitrogens is 1. The lowest BCUT2D eigenvalue weighted by atomic mass is 9.94. The fraction of sp³-hybridized carbons (Fsp3) is 0.0800. The summed E-state index contributed by atoms with van der Waals surface area (Å²) >= 11 is 18.1. The molecule has 35 heavy (non-hydrogen) atoms. The number of anilines is 1. The Kier molecular flexibility index (Phi) is 6.13. The van der Waals surface area contributed by atoms with Crippen molar-refractivity contribution in [3.8, 4) is 0 Å². The molecule has 2 heterocycles. The maximum Gasteiger partial charge on any atom is 0.269 e. The number of fused-ring (bicyclic) bond motifs is 1. The van der Waals surface area contributed by atoms with Crippen LogP contribution in [0.4, 0.5) is 10.2 Å². The highest BCUT2D eigenvalue weighted by Gasteiger charge is 2.47. The Morgan fingerprint density at radius 1 is 0.714 bits per heavy atom. The van der Waals surface area contributed by atoms with E-state index >= 15 is 0 Å². The third kappa shape index (κ3) is 4.12. The predicted octanol–water partition coefficient (Wildman–Crippen LogP) is 6.49. The van der Waals surface area contributed by atoms with Gasteiger partial charge in [0.25, 0.3) is 15.6 Å². The van der Waals surface area contributed by atoms with E-state index in [-0.39, 0.29) is 10.8 Å². The van der Waals surface area contributed by atoms with Crippen molar-refractivity contribution in [2.24, 2.45) is 0 Å². The van der Waals surface area contributed by atoms with Gasteiger partial charge in [-0.1, -0.05) is 65.1 Å². The van der Waals surface area contributed by atoms with E-state index in [1.54, 1.807) is 48.5 Å². The normalized spacial score (nSPS) is 17.4. The van der Waals surface area contributed by atoms with Crippen molar-refractivity contribution in [2.45, 2.75) is 17.0 Å². The van der Waals surface area contributed by atoms with Crippen LogP contribution in [0.3, 0.4) is 0 Å². The number of halogens is 4. The Morgan fingerprint density at radius 3 is 1.83 bits per heavy atom. The summed E-state index contributed by atoms with van der Waals surface area (Å²) in [6.07, 6.45) is 0. The van der Waals surface area contributed by atoms with E-state index in [9.17, 15) is 17.6 Å². The fourth-order valence-electron chi connectivity index (χ4n) is 4.39. The minimum absolute atomic E-state index is 0.0628. The number of pyridine rings is 1. The standard InChI is InChI=1S/C25H16Cl3FN2O3S/c26-17-8-4-15(5-9-17)24-25(16-6-10-18(27)11-7-16)31(22-2-1-3-23(32)30(22)24)35(33,34)21-13-12-19(28)14-20(21)29/h1-14,24-25H. The summed E-state index contributed by atoms with van der Waals surface area (Å²) in [6, 6.07) is 19.5. The molecular weight excluding hydrogens is 534 g/mol. The first-order chi connectivity index (χ1) is 16.7. The molecule has 3 aromatic carbocycles. The molecule has 0 radical (unpaired) electrons. The molecule has 10 heteroatoms. The van der Waals surface area contributed by atoms with Gasteiger partial charge in [-0.3, -0.25) is 9.36 Å². The van der Waals surface area contributed by atoms with Gasteiger partial charge in [0.15, 0.2) is 0 Å². The van der Waals surface area contributed by atoms with Crippen LogP contribution < -0.4 is 9.86 Å². The molecule has 2 unspecified atom stereocenters. The van der Waals surface area contributed by atoms with Crippen LogP contribution in [0, 0.1) is 5.82 Å². The average Bonchev–Trinajstić information content (AvgIpc) is 3.17. The summed E-state index contributed by atoms with van der Waals surface area (Å²) in [5.74, 6) is -0.890. The van der Waals surface area contributed by atoms with Crippen molar-refractivity contribution in [2.75, 3.05) is 4.31 Å². The maximum absolute atomic E-state index is 14.9. The van der Waals surface area contributed by atoms with Gasteiger partial charge in [0, 0.05) is 21.1 Å². The highest BCUT2D eigenvalue weighted by molar-refractivity contribution is 7.92. The molecule has 0 fully saturated rings. The van der Waals surface area contributed by atoms with E-state index in [0.29, 0.717) is 21.2 Å². The van der Waals surface area contributed by atoms with Crippen LogP contribution in [0.1, 0.15) is 23.2 Å². The summed E-state index contributed by atoms with van der Waals surface area (Å²) in [5.41, 5.74) is 0.810. The topological polar surface area (TPSA) is 59.4 Å². The van der Waals surface area contributed by atoms with E-state index < -0.39 is 38.4 Å². The van der Waals surface area contributed by atoms with Crippen molar-refractivity contribution in [3.05, 3.63) is 127 Å². The first kappa shape index (κ1) is 23.9. The molecule has 0 saturated carbocycles. The molecule has 0 spiro atoms. The molecule has 5 nitrogen and oxygen atoms in total. The minimum Gasteiger partial charge on any atom is -0.284 e. The molecule has 0 amide bonds. The number of rotatable bonds is 4. The van der Waals surface area contributed by atoms with Gasteiger partial charge in [0.05, 0.1) is 12.1 Å². The average molecular weight is 550 g/mol. The van der Waals surface area contributed by atoms with E-state index in [1.807, 2.05) is 0 Å². The van der Waals surface area contributed by atoms with Gasteiger partial charge in [-0.25, -0.2) is 17.1 Å². The Balaban J connectivity index is 1.82. The monoisotopic (exact) mass is 548 g/mol. The smallest absolute Gasteiger partial charge is 0.269 e. The second kappa shape index (κ2) is 8.99. The van der Waals surface area contributed by atoms with Gasteiger partial charge < -0.3 is 0 Å². The fourth-order valence-corrected chi connectivity index (χ4v) is 6.49. The van der Waals surface area contributed by atoms with E-state index in [0.717, 1.165) is 16.4 Å². The molecule has 1 aliphatic heterocycles. The molecule has 0 aliphatic carbocycles. The summed E-state index contributed by atoms with van der Waals surface area (Å²) in [5, 5.41) is 1.01. The van der Waals surface area contributed by atoms with Gasteiger partial charge in [-0.2, -0.15) is 0 Å². The van der Waals surface area contributed by atoms with Crippen molar-refractivity contribution < 1.29 is 12.8 Å². The SMILES string of the molecule is O=c1cccc2n1C(c1ccc(Cl)cc1)C(c1ccc(Cl)cc1)N2S(=O)(=O)c1ccc(Cl)cc1F. The first-order valence-electron chi connectivity index (χ1n) is 10.4. The summed E-state index contributed by atoms with van der Waals surface area (Å²) < 4.78 is 45.4. The van der Waals surface area contributed by atoms with Crippen LogP contribution in [-0.2, 0) is 10.0 Å². The van der Waals surface area contributed by atoms with Crippen LogP contribution in [-0.4, -0.2) is 13.0 Å². The lowest BCUT2D eigenvalue weighted by Crippen LogP contribution is -2.34. The molecule has 0 saturated heterocycles. The van der Waals surface area contributed by atoms with Gasteiger partial charge in [0.1, 0.15) is 16.5 Å². The lowest BCUT2D eigenvalue weighted by molar-refractivity contribution is 0.525. The first-order valence-corrected chi connectivity index (χ1v) is 13.0. The van der Waals surface area contributed by atoms with Gasteiger partial charge in [-0.05, 0) is 59.7 Å². The molecule has 0 bridgehead atoms. The third-order valence-corrected chi connectivity index (χ3v) is 8.44. The molecule has 2 atom stereocenters. The molecule has 178 valence electrons. The second-order valence-corrected chi connectivity index (χ2v) is 11.1. The predicted molar refractivity (Wildman–Crippen MR) is 136 cm³/mol. The molecule has 1 aromatic heterocycles. The largest absolute Gasteiger partial charge is 0.284 e. The Morgan fingerprint density at radius 2 is 1.26 bits per heavy atom. The quantitative estimate of drug-likeness (QED) is 0.292. The molecule has 4 aromatic rings. The highest BCUT2D eigenvalue weighted by Crippen LogP contribution is 2.49. The number of sulfonamides is 1. The number of hydrogen-bond donors (Lipinski definition) is 0. The van der Waals surface area contributed by atoms with Crippen LogP contribution in [0.2, 0.25) is 15.1 Å². The van der Waals surface area contributed by atoms with Gasteiger partial charge in [0.2, 0.25) is 0 Å². The van der Waals surface area contributed by atoms with Gasteiger partial charge >= 0.3 is 0 Å². The molecule has 1 aliphatic rings. The van der Waals surface area contributed by atoms with Crippen molar-refractivity contribution >= 4 is 50.6 Å². The van der Waals surface area contributed by atoms with Crippen LogP contribution in [0.5, 0.6) is 0 Å². The number of nitrogens with zero attached hydrogens (tertiary/aromatic N) is 2. The molecular formula is C25H16Cl3FN2O3S. The highest BCUT2D eigenvalue weighted by atomic mass is 35.5. The zero-order chi connectivity index (χ0) is 24.9. The molecule has 5 rings (SSSR count). The Labute approximate surface area is 216 Å². The summed E-state index contributed by atoms with van der Waals surface area (Å²) in [7, 11) is -4.49. The summed E-state index contributed by atoms with van der Waals surface area (Å²) in [6.45, 7) is 0. The van der Waals surface area contributed by atoms with Gasteiger partial charge in [-0.15, -0.1) is 0 Å². The lowest BCUT2D eigenvalue weighted by Gasteiger charge is -2.29. The number of hydrogen-bond acceptors (Lipinski definition) is 3. The summed E-state index contributed by atoms with van der Waals surface area (Å²) in [4.78, 5) is 12.6. The van der Waals surface area contributed by atoms with Crippen molar-refractivity contribution in [1.29, 1.82) is 0 Å².